The number of carbonyl (C=O) groups is 2. The highest BCUT2D eigenvalue weighted by molar-refractivity contribution is 6.05. The van der Waals surface area contributed by atoms with E-state index in [0.717, 1.165) is 10.9 Å². The Labute approximate surface area is 177 Å². The zero-order valence-corrected chi connectivity index (χ0v) is 18.5. The lowest BCUT2D eigenvalue weighted by Gasteiger charge is -2.28. The average molecular weight is 416 g/mol. The third-order valence-corrected chi connectivity index (χ3v) is 5.20. The summed E-state index contributed by atoms with van der Waals surface area (Å²) >= 11 is 0. The molecule has 2 amide bonds. The maximum absolute atomic E-state index is 13.1. The zero-order valence-electron chi connectivity index (χ0n) is 18.5. The summed E-state index contributed by atoms with van der Waals surface area (Å²) in [5.74, 6) is -0.229. The molecule has 0 radical (unpaired) electrons. The lowest BCUT2D eigenvalue weighted by Crippen LogP contribution is -2.42. The molecule has 0 spiro atoms. The van der Waals surface area contributed by atoms with E-state index in [1.807, 2.05) is 63.6 Å². The van der Waals surface area contributed by atoms with Crippen molar-refractivity contribution in [1.29, 1.82) is 0 Å². The van der Waals surface area contributed by atoms with Crippen molar-refractivity contribution < 1.29 is 14.3 Å². The van der Waals surface area contributed by atoms with Crippen molar-refractivity contribution in [3.05, 3.63) is 30.0 Å². The number of nitrogens with two attached hydrogens (primary N) is 1. The predicted molar refractivity (Wildman–Crippen MR) is 116 cm³/mol. The molecular formula is C22H33N5O3. The average Bonchev–Trinajstić information content (AvgIpc) is 3.22. The van der Waals surface area contributed by atoms with Crippen molar-refractivity contribution in [3.8, 4) is 0 Å². The van der Waals surface area contributed by atoms with Gasteiger partial charge in [0.2, 0.25) is 0 Å². The molecule has 8 nitrogen and oxygen atoms in total. The van der Waals surface area contributed by atoms with Gasteiger partial charge >= 0.3 is 6.09 Å². The molecule has 2 heterocycles. The summed E-state index contributed by atoms with van der Waals surface area (Å²) in [5.41, 5.74) is 6.51. The van der Waals surface area contributed by atoms with Gasteiger partial charge in [0.05, 0.1) is 5.52 Å². The Kier molecular flexibility index (Phi) is 6.36. The first-order chi connectivity index (χ1) is 14.1. The topological polar surface area (TPSA) is 102 Å². The van der Waals surface area contributed by atoms with E-state index in [1.165, 1.54) is 0 Å². The van der Waals surface area contributed by atoms with Crippen molar-refractivity contribution in [3.63, 3.8) is 0 Å². The minimum absolute atomic E-state index is 0.0554. The van der Waals surface area contributed by atoms with Crippen molar-refractivity contribution in [2.24, 2.45) is 5.73 Å². The summed E-state index contributed by atoms with van der Waals surface area (Å²) in [4.78, 5) is 27.4. The normalized spacial score (nSPS) is 19.5. The van der Waals surface area contributed by atoms with Crippen molar-refractivity contribution in [2.45, 2.75) is 71.2 Å². The number of nitrogens with zero attached hydrogens (tertiary/aromatic N) is 3. The second kappa shape index (κ2) is 8.63. The second-order valence-corrected chi connectivity index (χ2v) is 9.17. The van der Waals surface area contributed by atoms with E-state index < -0.39 is 5.60 Å². The van der Waals surface area contributed by atoms with Gasteiger partial charge in [-0.2, -0.15) is 5.10 Å². The highest BCUT2D eigenvalue weighted by Gasteiger charge is 2.38. The quantitative estimate of drug-likeness (QED) is 0.781. The number of amides is 2. The Balaban J connectivity index is 1.77. The molecule has 1 fully saturated rings. The van der Waals surface area contributed by atoms with E-state index in [9.17, 15) is 9.59 Å². The van der Waals surface area contributed by atoms with Gasteiger partial charge in [-0.3, -0.25) is 9.48 Å². The Morgan fingerprint density at radius 2 is 2.00 bits per heavy atom. The second-order valence-electron chi connectivity index (χ2n) is 9.17. The number of likely N-dealkylation sites (tertiary alicyclic amines) is 1. The maximum atomic E-state index is 13.1. The van der Waals surface area contributed by atoms with E-state index in [2.05, 4.69) is 10.4 Å². The maximum Gasteiger partial charge on any atom is 0.410 e. The number of benzene rings is 1. The summed E-state index contributed by atoms with van der Waals surface area (Å²) in [6.45, 7) is 10.5. The van der Waals surface area contributed by atoms with Crippen LogP contribution in [0.2, 0.25) is 0 Å². The smallest absolute Gasteiger partial charge is 0.410 e. The molecule has 2 atom stereocenters. The van der Waals surface area contributed by atoms with Gasteiger partial charge in [-0.25, -0.2) is 4.79 Å². The number of aromatic nitrogens is 2. The van der Waals surface area contributed by atoms with E-state index in [0.29, 0.717) is 31.6 Å². The molecule has 3 rings (SSSR count). The third-order valence-electron chi connectivity index (χ3n) is 5.20. The van der Waals surface area contributed by atoms with E-state index in [4.69, 9.17) is 10.5 Å². The first kappa shape index (κ1) is 22.1. The monoisotopic (exact) mass is 415 g/mol. The van der Waals surface area contributed by atoms with Crippen LogP contribution in [0.25, 0.3) is 10.9 Å². The molecule has 2 aromatic rings. The summed E-state index contributed by atoms with van der Waals surface area (Å²) in [7, 11) is 0. The summed E-state index contributed by atoms with van der Waals surface area (Å²) in [6, 6.07) is 7.63. The Morgan fingerprint density at radius 1 is 1.30 bits per heavy atom. The molecule has 0 saturated carbocycles. The third kappa shape index (κ3) is 4.75. The summed E-state index contributed by atoms with van der Waals surface area (Å²) in [5, 5.41) is 8.46. The number of carbonyl (C=O) groups excluding carboxylic acids is 2. The standard InChI is InChI=1S/C22H33N5O3/c1-14(2)27-18-9-7-6-8-17(18)19(25-27)20(28)24-15-12-16(10-11-23)26(13-15)21(29)30-22(3,4)5/h6-9,14-16H,10-13,23H2,1-5H3,(H,24,28)/t15-,16+/m0/s1. The molecule has 0 unspecified atom stereocenters. The number of fused-ring (bicyclic) bond motifs is 1. The van der Waals surface area contributed by atoms with Gasteiger partial charge in [-0.05, 0) is 60.1 Å². The van der Waals surface area contributed by atoms with E-state index >= 15 is 0 Å². The van der Waals surface area contributed by atoms with Gasteiger partial charge < -0.3 is 20.7 Å². The fraction of sp³-hybridized carbons (Fsp3) is 0.591. The number of rotatable bonds is 5. The molecule has 1 saturated heterocycles. The van der Waals surface area contributed by atoms with Crippen LogP contribution in [0.1, 0.15) is 64.0 Å². The SMILES string of the molecule is CC(C)n1nc(C(=O)N[C@H]2C[C@@H](CCN)N(C(=O)OC(C)(C)C)C2)c2ccccc21. The predicted octanol–water partition coefficient (Wildman–Crippen LogP) is 3.07. The Hall–Kier alpha value is -2.61. The van der Waals surface area contributed by atoms with Gasteiger partial charge in [0.15, 0.2) is 5.69 Å². The number of hydrogen-bond donors (Lipinski definition) is 2. The van der Waals surface area contributed by atoms with E-state index in [1.54, 1.807) is 4.90 Å². The Bertz CT molecular complexity index is 915. The molecule has 0 bridgehead atoms. The van der Waals surface area contributed by atoms with Crippen LogP contribution in [0.3, 0.4) is 0 Å². The van der Waals surface area contributed by atoms with Crippen molar-refractivity contribution in [1.82, 2.24) is 20.0 Å². The van der Waals surface area contributed by atoms with Crippen LogP contribution < -0.4 is 11.1 Å². The van der Waals surface area contributed by atoms with Crippen molar-refractivity contribution in [2.75, 3.05) is 13.1 Å². The highest BCUT2D eigenvalue weighted by Crippen LogP contribution is 2.25. The van der Waals surface area contributed by atoms with Crippen LogP contribution >= 0.6 is 0 Å². The minimum Gasteiger partial charge on any atom is -0.444 e. The first-order valence-electron chi connectivity index (χ1n) is 10.6. The molecule has 3 N–H and O–H groups in total. The molecular weight excluding hydrogens is 382 g/mol. The van der Waals surface area contributed by atoms with Crippen molar-refractivity contribution >= 4 is 22.9 Å². The van der Waals surface area contributed by atoms with Crippen LogP contribution in [0.4, 0.5) is 4.79 Å². The minimum atomic E-state index is -0.575. The molecule has 1 aromatic carbocycles. The number of ether oxygens (including phenoxy) is 1. The number of nitrogens with one attached hydrogen (secondary N) is 1. The van der Waals surface area contributed by atoms with Gasteiger partial charge in [0.25, 0.3) is 5.91 Å². The zero-order chi connectivity index (χ0) is 22.1. The molecule has 8 heteroatoms. The van der Waals surface area contributed by atoms with Crippen LogP contribution in [-0.2, 0) is 4.74 Å². The molecule has 1 aromatic heterocycles. The largest absolute Gasteiger partial charge is 0.444 e. The molecule has 30 heavy (non-hydrogen) atoms. The summed E-state index contributed by atoms with van der Waals surface area (Å²) in [6.07, 6.45) is 0.939. The van der Waals surface area contributed by atoms with Crippen LogP contribution in [0.15, 0.2) is 24.3 Å². The number of hydrogen-bond acceptors (Lipinski definition) is 5. The fourth-order valence-corrected chi connectivity index (χ4v) is 3.94. The lowest BCUT2D eigenvalue weighted by atomic mass is 10.1. The number of para-hydroxylation sites is 1. The summed E-state index contributed by atoms with van der Waals surface area (Å²) < 4.78 is 7.41. The van der Waals surface area contributed by atoms with Gasteiger partial charge in [-0.15, -0.1) is 0 Å². The van der Waals surface area contributed by atoms with E-state index in [-0.39, 0.29) is 30.1 Å². The molecule has 1 aliphatic heterocycles. The van der Waals surface area contributed by atoms with Gasteiger partial charge in [0, 0.05) is 30.1 Å². The van der Waals surface area contributed by atoms with Gasteiger partial charge in [0.1, 0.15) is 5.60 Å². The van der Waals surface area contributed by atoms with Crippen LogP contribution in [-0.4, -0.2) is 57.5 Å². The first-order valence-corrected chi connectivity index (χ1v) is 10.6. The molecule has 164 valence electrons. The molecule has 1 aliphatic rings. The van der Waals surface area contributed by atoms with Gasteiger partial charge in [-0.1, -0.05) is 18.2 Å². The fourth-order valence-electron chi connectivity index (χ4n) is 3.94. The lowest BCUT2D eigenvalue weighted by molar-refractivity contribution is 0.0218. The Morgan fingerprint density at radius 3 is 2.63 bits per heavy atom. The van der Waals surface area contributed by atoms with Crippen LogP contribution in [0.5, 0.6) is 0 Å². The molecule has 0 aliphatic carbocycles. The van der Waals surface area contributed by atoms with Crippen LogP contribution in [0, 0.1) is 0 Å². The highest BCUT2D eigenvalue weighted by atomic mass is 16.6.